The van der Waals surface area contributed by atoms with Crippen LogP contribution in [0.4, 0.5) is 0 Å². The molecule has 4 nitrogen and oxygen atoms in total. The summed E-state index contributed by atoms with van der Waals surface area (Å²) in [6, 6.07) is 0. The van der Waals surface area contributed by atoms with Crippen molar-refractivity contribution in [2.24, 2.45) is 55.2 Å². The highest BCUT2D eigenvalue weighted by Crippen LogP contribution is 2.86. The highest BCUT2D eigenvalue weighted by Gasteiger charge is 2.79. The van der Waals surface area contributed by atoms with Crippen LogP contribution in [0.1, 0.15) is 119 Å². The van der Waals surface area contributed by atoms with E-state index in [9.17, 15) is 19.8 Å². The Bertz CT molecular complexity index is 917. The van der Waals surface area contributed by atoms with E-state index in [-0.39, 0.29) is 32.5 Å². The van der Waals surface area contributed by atoms with Crippen molar-refractivity contribution in [1.29, 1.82) is 0 Å². The summed E-state index contributed by atoms with van der Waals surface area (Å²) >= 11 is 0. The van der Waals surface area contributed by atoms with Crippen LogP contribution in [0.25, 0.3) is 0 Å². The van der Waals surface area contributed by atoms with E-state index in [1.807, 2.05) is 0 Å². The Morgan fingerprint density at radius 1 is 0.588 bits per heavy atom. The third-order valence-electron chi connectivity index (χ3n) is 13.3. The highest BCUT2D eigenvalue weighted by atomic mass is 16.4. The van der Waals surface area contributed by atoms with E-state index in [2.05, 4.69) is 41.5 Å². The summed E-state index contributed by atoms with van der Waals surface area (Å²) in [5.74, 6) is -0.111. The Labute approximate surface area is 205 Å². The lowest BCUT2D eigenvalue weighted by Crippen LogP contribution is -2.73. The molecule has 8 rings (SSSR count). The van der Waals surface area contributed by atoms with E-state index >= 15 is 0 Å². The lowest BCUT2D eigenvalue weighted by Gasteiger charge is -2.80. The SMILES string of the molecule is CC(C)(C)C12CC3(C(=O)O)CC(C(C)(C)C)(C1)CC(C14CC5CC(CC(C(=O)O)(C5)C1)C4)(C3)C2. The molecule has 190 valence electrons. The minimum Gasteiger partial charge on any atom is -0.481 e. The van der Waals surface area contributed by atoms with Gasteiger partial charge in [0.25, 0.3) is 0 Å². The summed E-state index contributed by atoms with van der Waals surface area (Å²) in [5, 5.41) is 21.4. The average molecular weight is 471 g/mol. The van der Waals surface area contributed by atoms with Gasteiger partial charge < -0.3 is 10.2 Å². The van der Waals surface area contributed by atoms with Gasteiger partial charge in [-0.05, 0) is 121 Å². The molecule has 0 spiro atoms. The minimum atomic E-state index is -0.658. The van der Waals surface area contributed by atoms with Gasteiger partial charge in [0.05, 0.1) is 10.8 Å². The molecular formula is C30H46O4. The number of rotatable bonds is 3. The zero-order valence-electron chi connectivity index (χ0n) is 22.4. The maximum absolute atomic E-state index is 13.2. The van der Waals surface area contributed by atoms with E-state index in [0.29, 0.717) is 11.8 Å². The fraction of sp³-hybridized carbons (Fsp3) is 0.933. The van der Waals surface area contributed by atoms with Gasteiger partial charge in [-0.2, -0.15) is 0 Å². The molecule has 4 heteroatoms. The molecule has 0 aromatic carbocycles. The molecule has 8 fully saturated rings. The second kappa shape index (κ2) is 6.08. The van der Waals surface area contributed by atoms with Crippen LogP contribution in [0.2, 0.25) is 0 Å². The maximum Gasteiger partial charge on any atom is 0.309 e. The van der Waals surface area contributed by atoms with E-state index in [1.54, 1.807) is 0 Å². The molecule has 8 bridgehead atoms. The topological polar surface area (TPSA) is 74.6 Å². The Hall–Kier alpha value is -1.06. The fourth-order valence-corrected chi connectivity index (χ4v) is 12.2. The molecule has 4 unspecified atom stereocenters. The molecule has 8 saturated carbocycles. The van der Waals surface area contributed by atoms with Crippen molar-refractivity contribution in [1.82, 2.24) is 0 Å². The van der Waals surface area contributed by atoms with Crippen LogP contribution in [-0.4, -0.2) is 22.2 Å². The van der Waals surface area contributed by atoms with Gasteiger partial charge in [-0.1, -0.05) is 41.5 Å². The first-order chi connectivity index (χ1) is 15.5. The van der Waals surface area contributed by atoms with Gasteiger partial charge in [0, 0.05) is 0 Å². The zero-order chi connectivity index (χ0) is 24.8. The van der Waals surface area contributed by atoms with Gasteiger partial charge in [0.15, 0.2) is 0 Å². The molecule has 2 N–H and O–H groups in total. The fourth-order valence-electron chi connectivity index (χ4n) is 12.2. The molecule has 0 aliphatic heterocycles. The van der Waals surface area contributed by atoms with Crippen LogP contribution < -0.4 is 0 Å². The standard InChI is InChI=1S/C30H46O4/c1-23(2,3)28-13-26(22(33)34)14-29(16-28,24(4,5)6)18-30(15-26,17-28)27-10-19-7-20(11-27)9-25(8-19,12-27)21(31)32/h19-20H,7-18H2,1-6H3,(H,31,32)(H,33,34). The third kappa shape index (κ3) is 2.57. The van der Waals surface area contributed by atoms with Gasteiger partial charge >= 0.3 is 11.9 Å². The number of carboxylic acids is 2. The second-order valence-electron chi connectivity index (χ2n) is 16.8. The third-order valence-corrected chi connectivity index (χ3v) is 13.3. The van der Waals surface area contributed by atoms with Gasteiger partial charge in [0.1, 0.15) is 0 Å². The lowest BCUT2D eigenvalue weighted by molar-refractivity contribution is -0.308. The average Bonchev–Trinajstić information content (AvgIpc) is 2.64. The normalized spacial score (nSPS) is 53.4. The number of carbonyl (C=O) groups is 2. The molecular weight excluding hydrogens is 424 g/mol. The predicted octanol–water partition coefficient (Wildman–Crippen LogP) is 7.16. The van der Waals surface area contributed by atoms with Crippen molar-refractivity contribution in [3.05, 3.63) is 0 Å². The molecule has 8 aliphatic rings. The van der Waals surface area contributed by atoms with Crippen LogP contribution in [-0.2, 0) is 9.59 Å². The Balaban J connectivity index is 1.58. The molecule has 0 aromatic rings. The number of aliphatic carboxylic acids is 2. The molecule has 0 radical (unpaired) electrons. The molecule has 0 heterocycles. The van der Waals surface area contributed by atoms with Crippen molar-refractivity contribution < 1.29 is 19.8 Å². The first kappa shape index (κ1) is 23.3. The number of carboxylic acid groups (broad SMARTS) is 2. The molecule has 8 aliphatic carbocycles. The highest BCUT2D eigenvalue weighted by molar-refractivity contribution is 5.77. The van der Waals surface area contributed by atoms with Crippen LogP contribution in [0.15, 0.2) is 0 Å². The molecule has 4 atom stereocenters. The summed E-state index contributed by atoms with van der Waals surface area (Å²) in [7, 11) is 0. The predicted molar refractivity (Wildman–Crippen MR) is 131 cm³/mol. The van der Waals surface area contributed by atoms with Crippen molar-refractivity contribution in [2.75, 3.05) is 0 Å². The van der Waals surface area contributed by atoms with Gasteiger partial charge in [-0.25, -0.2) is 0 Å². The molecule has 34 heavy (non-hydrogen) atoms. The smallest absolute Gasteiger partial charge is 0.309 e. The summed E-state index contributed by atoms with van der Waals surface area (Å²) < 4.78 is 0. The van der Waals surface area contributed by atoms with Crippen molar-refractivity contribution in [3.63, 3.8) is 0 Å². The summed E-state index contributed by atoms with van der Waals surface area (Å²) in [5.41, 5.74) is -1.18. The van der Waals surface area contributed by atoms with Crippen molar-refractivity contribution in [3.8, 4) is 0 Å². The first-order valence-electron chi connectivity index (χ1n) is 13.9. The minimum absolute atomic E-state index is 0.00440. The van der Waals surface area contributed by atoms with Crippen LogP contribution >= 0.6 is 0 Å². The largest absolute Gasteiger partial charge is 0.481 e. The summed E-state index contributed by atoms with van der Waals surface area (Å²) in [6.07, 6.45) is 11.8. The Morgan fingerprint density at radius 2 is 1.03 bits per heavy atom. The van der Waals surface area contributed by atoms with Gasteiger partial charge in [-0.3, -0.25) is 9.59 Å². The van der Waals surface area contributed by atoms with Crippen LogP contribution in [0, 0.1) is 55.2 Å². The van der Waals surface area contributed by atoms with Gasteiger partial charge in [-0.15, -0.1) is 0 Å². The second-order valence-corrected chi connectivity index (χ2v) is 16.8. The van der Waals surface area contributed by atoms with Crippen molar-refractivity contribution in [2.45, 2.75) is 119 Å². The van der Waals surface area contributed by atoms with E-state index in [0.717, 1.165) is 70.6 Å². The van der Waals surface area contributed by atoms with Crippen molar-refractivity contribution >= 4 is 11.9 Å². The molecule has 0 amide bonds. The lowest BCUT2D eigenvalue weighted by atomic mass is 9.24. The molecule has 0 saturated heterocycles. The summed E-state index contributed by atoms with van der Waals surface area (Å²) in [6.45, 7) is 14.2. The van der Waals surface area contributed by atoms with Crippen LogP contribution in [0.3, 0.4) is 0 Å². The number of hydrogen-bond acceptors (Lipinski definition) is 2. The maximum atomic E-state index is 13.2. The van der Waals surface area contributed by atoms with E-state index < -0.39 is 22.8 Å². The monoisotopic (exact) mass is 470 g/mol. The zero-order valence-corrected chi connectivity index (χ0v) is 22.4. The Morgan fingerprint density at radius 3 is 1.44 bits per heavy atom. The molecule has 0 aromatic heterocycles. The van der Waals surface area contributed by atoms with E-state index in [1.165, 1.54) is 6.42 Å². The van der Waals surface area contributed by atoms with Crippen LogP contribution in [0.5, 0.6) is 0 Å². The first-order valence-corrected chi connectivity index (χ1v) is 13.9. The van der Waals surface area contributed by atoms with E-state index in [4.69, 9.17) is 0 Å². The number of hydrogen-bond donors (Lipinski definition) is 2. The summed E-state index contributed by atoms with van der Waals surface area (Å²) in [4.78, 5) is 26.0. The van der Waals surface area contributed by atoms with Gasteiger partial charge in [0.2, 0.25) is 0 Å². The Kier molecular flexibility index (Phi) is 4.17. The quantitative estimate of drug-likeness (QED) is 0.459.